The number of nitrogens with one attached hydrogen (secondary N) is 2. The van der Waals surface area contributed by atoms with Crippen LogP contribution in [0.25, 0.3) is 23.0 Å². The van der Waals surface area contributed by atoms with Gasteiger partial charge in [0.1, 0.15) is 17.2 Å². The molecule has 1 fully saturated rings. The Morgan fingerprint density at radius 1 is 0.912 bits per heavy atom. The first-order chi connectivity index (χ1) is 16.6. The lowest BCUT2D eigenvalue weighted by molar-refractivity contribution is 0.462. The molecule has 34 heavy (non-hydrogen) atoms. The lowest BCUT2D eigenvalue weighted by Gasteiger charge is -2.24. The van der Waals surface area contributed by atoms with Crippen molar-refractivity contribution in [3.63, 3.8) is 0 Å². The van der Waals surface area contributed by atoms with Crippen molar-refractivity contribution in [1.29, 1.82) is 0 Å². The third-order valence-electron chi connectivity index (χ3n) is 6.11. The lowest BCUT2D eigenvalue weighted by Crippen LogP contribution is -2.23. The largest absolute Gasteiger partial charge is 0.367 e. The summed E-state index contributed by atoms with van der Waals surface area (Å²) in [6.07, 6.45) is 9.65. The van der Waals surface area contributed by atoms with E-state index in [1.54, 1.807) is 12.1 Å². The molecule has 0 spiro atoms. The fourth-order valence-corrected chi connectivity index (χ4v) is 5.30. The summed E-state index contributed by atoms with van der Waals surface area (Å²) in [5.41, 5.74) is 3.85. The normalized spacial score (nSPS) is 15.1. The van der Waals surface area contributed by atoms with E-state index in [0.29, 0.717) is 11.7 Å². The van der Waals surface area contributed by atoms with Crippen LogP contribution >= 0.6 is 0 Å². The van der Waals surface area contributed by atoms with Gasteiger partial charge >= 0.3 is 0 Å². The van der Waals surface area contributed by atoms with Crippen molar-refractivity contribution in [3.05, 3.63) is 90.0 Å². The van der Waals surface area contributed by atoms with E-state index in [2.05, 4.69) is 14.4 Å². The van der Waals surface area contributed by atoms with Gasteiger partial charge in [-0.1, -0.05) is 67.8 Å². The number of hydrogen-bond acceptors (Lipinski definition) is 4. The predicted molar refractivity (Wildman–Crippen MR) is 139 cm³/mol. The van der Waals surface area contributed by atoms with Crippen molar-refractivity contribution in [2.24, 2.45) is 0 Å². The summed E-state index contributed by atoms with van der Waals surface area (Å²) in [4.78, 5) is 4.87. The van der Waals surface area contributed by atoms with Gasteiger partial charge in [-0.2, -0.15) is 0 Å². The molecule has 4 aromatic rings. The minimum atomic E-state index is -3.66. The number of rotatable bonds is 7. The predicted octanol–water partition coefficient (Wildman–Crippen LogP) is 6.16. The lowest BCUT2D eigenvalue weighted by atomic mass is 9.95. The van der Waals surface area contributed by atoms with Crippen LogP contribution in [0.3, 0.4) is 0 Å². The SMILES string of the molecule is O=S(=O)(/C=C/c1ccccc1)Nc1cccc(-c2nc3ccccn3c2NC2CCCCC2)c1. The van der Waals surface area contributed by atoms with Crippen LogP contribution in [0.1, 0.15) is 37.7 Å². The number of nitrogens with zero attached hydrogens (tertiary/aromatic N) is 2. The molecule has 2 aromatic carbocycles. The average molecular weight is 473 g/mol. The summed E-state index contributed by atoms with van der Waals surface area (Å²) in [7, 11) is -3.66. The number of pyridine rings is 1. The standard InChI is InChI=1S/C27H28N4O2S/c32-34(33,19-17-21-10-3-1-4-11-21)30-24-15-9-12-22(20-24)26-27(28-23-13-5-2-6-14-23)31-18-8-7-16-25(31)29-26/h1,3-4,7-12,15-20,23,28,30H,2,5-6,13-14H2/b19-17+. The van der Waals surface area contributed by atoms with E-state index in [9.17, 15) is 8.42 Å². The Morgan fingerprint density at radius 3 is 2.53 bits per heavy atom. The minimum Gasteiger partial charge on any atom is -0.367 e. The van der Waals surface area contributed by atoms with Gasteiger partial charge in [0.2, 0.25) is 0 Å². The smallest absolute Gasteiger partial charge is 0.255 e. The fourth-order valence-electron chi connectivity index (χ4n) is 4.44. The van der Waals surface area contributed by atoms with Crippen LogP contribution in [0.5, 0.6) is 0 Å². The molecule has 1 aliphatic rings. The molecule has 0 radical (unpaired) electrons. The molecule has 0 saturated heterocycles. The van der Waals surface area contributed by atoms with Crippen LogP contribution in [0.4, 0.5) is 11.5 Å². The van der Waals surface area contributed by atoms with E-state index in [0.717, 1.165) is 41.1 Å². The first kappa shape index (κ1) is 22.2. The number of imidazole rings is 1. The van der Waals surface area contributed by atoms with Crippen LogP contribution in [-0.4, -0.2) is 23.8 Å². The Morgan fingerprint density at radius 2 is 1.71 bits per heavy atom. The van der Waals surface area contributed by atoms with E-state index < -0.39 is 10.0 Å². The molecule has 0 bridgehead atoms. The van der Waals surface area contributed by atoms with Crippen molar-refractivity contribution >= 4 is 33.3 Å². The van der Waals surface area contributed by atoms with E-state index in [-0.39, 0.29) is 0 Å². The first-order valence-corrected chi connectivity index (χ1v) is 13.2. The van der Waals surface area contributed by atoms with Gasteiger partial charge in [0.25, 0.3) is 10.0 Å². The number of benzene rings is 2. The zero-order chi connectivity index (χ0) is 23.4. The van der Waals surface area contributed by atoms with E-state index in [1.807, 2.05) is 72.9 Å². The highest BCUT2D eigenvalue weighted by Gasteiger charge is 2.20. The topological polar surface area (TPSA) is 75.5 Å². The minimum absolute atomic E-state index is 0.414. The summed E-state index contributed by atoms with van der Waals surface area (Å²) in [6.45, 7) is 0. The number of fused-ring (bicyclic) bond motifs is 1. The highest BCUT2D eigenvalue weighted by Crippen LogP contribution is 2.32. The van der Waals surface area contributed by atoms with E-state index in [4.69, 9.17) is 4.98 Å². The second-order valence-electron chi connectivity index (χ2n) is 8.66. The maximum Gasteiger partial charge on any atom is 0.255 e. The van der Waals surface area contributed by atoms with Gasteiger partial charge in [0.15, 0.2) is 0 Å². The molecule has 0 amide bonds. The molecule has 1 saturated carbocycles. The maximum absolute atomic E-state index is 12.7. The van der Waals surface area contributed by atoms with Crippen molar-refractivity contribution in [2.75, 3.05) is 10.0 Å². The molecule has 2 aromatic heterocycles. The second kappa shape index (κ2) is 9.73. The van der Waals surface area contributed by atoms with E-state index >= 15 is 0 Å². The Kier molecular flexibility index (Phi) is 6.36. The van der Waals surface area contributed by atoms with Crippen molar-refractivity contribution in [2.45, 2.75) is 38.1 Å². The number of aromatic nitrogens is 2. The molecule has 7 heteroatoms. The van der Waals surface area contributed by atoms with Gasteiger partial charge < -0.3 is 5.32 Å². The molecule has 174 valence electrons. The Balaban J connectivity index is 1.44. The van der Waals surface area contributed by atoms with Crippen molar-refractivity contribution in [1.82, 2.24) is 9.38 Å². The van der Waals surface area contributed by atoms with Gasteiger partial charge in [0.05, 0.1) is 5.41 Å². The highest BCUT2D eigenvalue weighted by molar-refractivity contribution is 7.95. The van der Waals surface area contributed by atoms with Gasteiger partial charge in [-0.25, -0.2) is 13.4 Å². The third kappa shape index (κ3) is 5.15. The van der Waals surface area contributed by atoms with Gasteiger partial charge in [0, 0.05) is 23.5 Å². The molecule has 0 unspecified atom stereocenters. The summed E-state index contributed by atoms with van der Waals surface area (Å²) < 4.78 is 30.1. The van der Waals surface area contributed by atoms with Crippen LogP contribution in [-0.2, 0) is 10.0 Å². The second-order valence-corrected chi connectivity index (χ2v) is 10.2. The zero-order valence-electron chi connectivity index (χ0n) is 18.9. The molecule has 0 aliphatic heterocycles. The number of anilines is 2. The summed E-state index contributed by atoms with van der Waals surface area (Å²) in [6, 6.07) is 23.1. The molecular weight excluding hydrogens is 444 g/mol. The zero-order valence-corrected chi connectivity index (χ0v) is 19.7. The number of hydrogen-bond donors (Lipinski definition) is 2. The summed E-state index contributed by atoms with van der Waals surface area (Å²) in [5, 5.41) is 4.92. The van der Waals surface area contributed by atoms with Gasteiger partial charge in [-0.15, -0.1) is 0 Å². The van der Waals surface area contributed by atoms with Gasteiger partial charge in [-0.3, -0.25) is 9.12 Å². The van der Waals surface area contributed by atoms with Crippen LogP contribution in [0.15, 0.2) is 84.4 Å². The molecule has 2 N–H and O–H groups in total. The molecular formula is C27H28N4O2S. The summed E-state index contributed by atoms with van der Waals surface area (Å²) >= 11 is 0. The Hall–Kier alpha value is -3.58. The van der Waals surface area contributed by atoms with E-state index in [1.165, 1.54) is 24.7 Å². The molecule has 5 rings (SSSR count). The maximum atomic E-state index is 12.7. The molecule has 1 aliphatic carbocycles. The third-order valence-corrected chi connectivity index (χ3v) is 7.13. The Bertz CT molecular complexity index is 1410. The first-order valence-electron chi connectivity index (χ1n) is 11.7. The molecule has 6 nitrogen and oxygen atoms in total. The van der Waals surface area contributed by atoms with Crippen LogP contribution in [0, 0.1) is 0 Å². The van der Waals surface area contributed by atoms with Gasteiger partial charge in [-0.05, 0) is 48.7 Å². The quantitative estimate of drug-likeness (QED) is 0.338. The highest BCUT2D eigenvalue weighted by atomic mass is 32.2. The van der Waals surface area contributed by atoms with Crippen LogP contribution in [0.2, 0.25) is 0 Å². The van der Waals surface area contributed by atoms with Crippen molar-refractivity contribution in [3.8, 4) is 11.3 Å². The average Bonchev–Trinajstić information content (AvgIpc) is 3.22. The van der Waals surface area contributed by atoms with Crippen molar-refractivity contribution < 1.29 is 8.42 Å². The van der Waals surface area contributed by atoms with Crippen LogP contribution < -0.4 is 10.0 Å². The Labute approximate surface area is 200 Å². The monoisotopic (exact) mass is 472 g/mol. The molecule has 0 atom stereocenters. The fraction of sp³-hybridized carbons (Fsp3) is 0.222. The summed E-state index contributed by atoms with van der Waals surface area (Å²) in [5.74, 6) is 0.950. The number of sulfonamides is 1. The molecule has 2 heterocycles.